The molecule has 0 unspecified atom stereocenters. The number of ether oxygens (including phenoxy) is 1. The van der Waals surface area contributed by atoms with Crippen LogP contribution in [0, 0.1) is 19.1 Å². The van der Waals surface area contributed by atoms with Crippen molar-refractivity contribution in [2.45, 2.75) is 6.92 Å². The van der Waals surface area contributed by atoms with Crippen molar-refractivity contribution in [2.75, 3.05) is 0 Å². The minimum Gasteiger partial charge on any atom is -0.503 e. The Labute approximate surface area is 273 Å². The third kappa shape index (κ3) is 4.34. The molecule has 5 aromatic carbocycles. The first-order valence-corrected chi connectivity index (χ1v) is 14.6. The van der Waals surface area contributed by atoms with E-state index < -0.39 is 0 Å². The third-order valence-electron chi connectivity index (χ3n) is 8.37. The minimum atomic E-state index is 0. The number of imidazole rings is 1. The molecule has 0 N–H and O–H groups in total. The van der Waals surface area contributed by atoms with Gasteiger partial charge >= 0.3 is 21.1 Å². The molecule has 0 saturated carbocycles. The zero-order valence-electron chi connectivity index (χ0n) is 24.1. The van der Waals surface area contributed by atoms with Crippen LogP contribution in [0.15, 0.2) is 128 Å². The quantitative estimate of drug-likeness (QED) is 0.133. The summed E-state index contributed by atoms with van der Waals surface area (Å²) in [4.78, 5) is 9.85. The van der Waals surface area contributed by atoms with Crippen molar-refractivity contribution < 1.29 is 25.8 Å². The molecule has 0 spiro atoms. The normalized spacial score (nSPS) is 11.5. The molecule has 4 heterocycles. The Morgan fingerprint density at radius 2 is 1.36 bits per heavy atom. The van der Waals surface area contributed by atoms with Gasteiger partial charge in [0.05, 0.1) is 16.9 Å². The molecule has 4 aromatic heterocycles. The number of hydrogen-bond donors (Lipinski definition) is 0. The zero-order chi connectivity index (χ0) is 29.2. The van der Waals surface area contributed by atoms with E-state index in [4.69, 9.17) is 14.7 Å². The average Bonchev–Trinajstić information content (AvgIpc) is 3.66. The summed E-state index contributed by atoms with van der Waals surface area (Å²) in [7, 11) is 0. The topological polar surface area (TPSA) is 44.4 Å². The minimum absolute atomic E-state index is 0. The first kappa shape index (κ1) is 27.3. The zero-order valence-corrected chi connectivity index (χ0v) is 26.4. The van der Waals surface area contributed by atoms with E-state index >= 15 is 0 Å². The largest absolute Gasteiger partial charge is 2.00 e. The van der Waals surface area contributed by atoms with Crippen molar-refractivity contribution >= 4 is 49.3 Å². The Bertz CT molecular complexity index is 2510. The maximum atomic E-state index is 6.44. The maximum absolute atomic E-state index is 6.44. The van der Waals surface area contributed by atoms with E-state index in [1.54, 1.807) is 0 Å². The van der Waals surface area contributed by atoms with Crippen molar-refractivity contribution in [1.29, 1.82) is 0 Å². The fourth-order valence-electron chi connectivity index (χ4n) is 6.36. The Morgan fingerprint density at radius 3 is 2.22 bits per heavy atom. The first-order valence-electron chi connectivity index (χ1n) is 14.6. The van der Waals surface area contributed by atoms with Crippen molar-refractivity contribution in [3.63, 3.8) is 0 Å². The number of pyridine rings is 2. The van der Waals surface area contributed by atoms with Gasteiger partial charge in [0.15, 0.2) is 0 Å². The van der Waals surface area contributed by atoms with Gasteiger partial charge in [-0.2, -0.15) is 6.07 Å². The Morgan fingerprint density at radius 1 is 0.622 bits per heavy atom. The number of aromatic nitrogens is 4. The molecular formula is C39H24N4OPt. The number of fused-ring (bicyclic) bond motifs is 9. The van der Waals surface area contributed by atoms with Gasteiger partial charge in [0.2, 0.25) is 0 Å². The smallest absolute Gasteiger partial charge is 0.503 e. The van der Waals surface area contributed by atoms with Crippen LogP contribution in [0.25, 0.3) is 66.2 Å². The van der Waals surface area contributed by atoms with Crippen molar-refractivity contribution in [3.8, 4) is 28.4 Å². The summed E-state index contributed by atoms with van der Waals surface area (Å²) in [5, 5.41) is 5.38. The van der Waals surface area contributed by atoms with Crippen LogP contribution in [-0.4, -0.2) is 18.9 Å². The van der Waals surface area contributed by atoms with Crippen molar-refractivity contribution in [1.82, 2.24) is 18.9 Å². The Kier molecular flexibility index (Phi) is 6.51. The van der Waals surface area contributed by atoms with Gasteiger partial charge in [0.25, 0.3) is 0 Å². The molecule has 0 saturated heterocycles. The molecule has 9 rings (SSSR count). The molecule has 0 radical (unpaired) electrons. The third-order valence-corrected chi connectivity index (χ3v) is 8.37. The van der Waals surface area contributed by atoms with Crippen LogP contribution in [0.4, 0.5) is 0 Å². The molecule has 216 valence electrons. The molecule has 0 aliphatic carbocycles. The number of para-hydroxylation sites is 2. The van der Waals surface area contributed by atoms with E-state index in [1.807, 2.05) is 42.6 Å². The summed E-state index contributed by atoms with van der Waals surface area (Å²) in [5.41, 5.74) is 8.00. The summed E-state index contributed by atoms with van der Waals surface area (Å²) in [5.74, 6) is 1.20. The molecule has 9 aromatic rings. The molecule has 5 nitrogen and oxygen atoms in total. The van der Waals surface area contributed by atoms with Gasteiger partial charge in [0.1, 0.15) is 5.65 Å². The number of hydrogen-bond acceptors (Lipinski definition) is 3. The van der Waals surface area contributed by atoms with Crippen LogP contribution in [-0.2, 0) is 21.1 Å². The molecule has 0 aliphatic rings. The van der Waals surface area contributed by atoms with E-state index in [9.17, 15) is 0 Å². The van der Waals surface area contributed by atoms with Crippen LogP contribution in [0.3, 0.4) is 0 Å². The Balaban J connectivity index is 0.00000300. The molecule has 0 aliphatic heterocycles. The molecular weight excluding hydrogens is 736 g/mol. The predicted octanol–water partition coefficient (Wildman–Crippen LogP) is 9.50. The van der Waals surface area contributed by atoms with Gasteiger partial charge in [0, 0.05) is 45.7 Å². The van der Waals surface area contributed by atoms with E-state index in [0.29, 0.717) is 11.5 Å². The molecule has 0 amide bonds. The molecule has 6 heteroatoms. The summed E-state index contributed by atoms with van der Waals surface area (Å²) < 4.78 is 10.7. The summed E-state index contributed by atoms with van der Waals surface area (Å²) in [6, 6.07) is 46.3. The van der Waals surface area contributed by atoms with Crippen LogP contribution in [0.2, 0.25) is 0 Å². The second-order valence-electron chi connectivity index (χ2n) is 11.0. The number of benzene rings is 5. The standard InChI is InChI=1S/C39H24N4O.Pt/c1-25-10-2-3-13-29(25)35-24-42-36-17-6-4-14-31(36)30-20-19-28(23-34(30)39(42)41-35)44-27-12-8-11-26(22-27)43-37-18-7-5-15-32(37)33-16-9-21-40-38(33)43;/h2-21,24H,1H3;/q-2;+2. The summed E-state index contributed by atoms with van der Waals surface area (Å²) >= 11 is 0. The molecule has 0 bridgehead atoms. The second kappa shape index (κ2) is 10.7. The monoisotopic (exact) mass is 759 g/mol. The van der Waals surface area contributed by atoms with Gasteiger partial charge in [-0.3, -0.25) is 4.98 Å². The van der Waals surface area contributed by atoms with Crippen LogP contribution in [0.1, 0.15) is 5.56 Å². The van der Waals surface area contributed by atoms with Gasteiger partial charge in [-0.05, 0) is 42.1 Å². The van der Waals surface area contributed by atoms with Gasteiger partial charge < -0.3 is 13.7 Å². The molecule has 45 heavy (non-hydrogen) atoms. The maximum Gasteiger partial charge on any atom is 2.00 e. The van der Waals surface area contributed by atoms with E-state index in [2.05, 4.69) is 113 Å². The molecule has 0 atom stereocenters. The fraction of sp³-hybridized carbons (Fsp3) is 0.0256. The van der Waals surface area contributed by atoms with E-state index in [1.165, 1.54) is 5.56 Å². The van der Waals surface area contributed by atoms with Gasteiger partial charge in [-0.15, -0.1) is 30.3 Å². The fourth-order valence-corrected chi connectivity index (χ4v) is 6.36. The molecule has 0 fully saturated rings. The van der Waals surface area contributed by atoms with Gasteiger partial charge in [-0.25, -0.2) is 4.98 Å². The van der Waals surface area contributed by atoms with Crippen molar-refractivity contribution in [3.05, 3.63) is 145 Å². The van der Waals surface area contributed by atoms with Crippen LogP contribution in [0.5, 0.6) is 11.5 Å². The SMILES string of the molecule is Cc1ccccc1-c1cn2c3ccccc3c3ccc(Oc4[c-]c(-n5c6ccccc6c6cccnc65)ccc4)[c-]c3c2n1.[Pt+2]. The number of nitrogens with zero attached hydrogens (tertiary/aromatic N) is 4. The van der Waals surface area contributed by atoms with Crippen LogP contribution < -0.4 is 4.74 Å². The summed E-state index contributed by atoms with van der Waals surface area (Å²) in [6.07, 6.45) is 3.95. The second-order valence-corrected chi connectivity index (χ2v) is 11.0. The number of aryl methyl sites for hydroxylation is 1. The first-order chi connectivity index (χ1) is 21.7. The van der Waals surface area contributed by atoms with Crippen molar-refractivity contribution in [2.24, 2.45) is 0 Å². The predicted molar refractivity (Wildman–Crippen MR) is 177 cm³/mol. The Hall–Kier alpha value is -5.25. The number of rotatable bonds is 4. The average molecular weight is 760 g/mol. The van der Waals surface area contributed by atoms with Gasteiger partial charge in [-0.1, -0.05) is 83.2 Å². The van der Waals surface area contributed by atoms with E-state index in [-0.39, 0.29) is 21.1 Å². The van der Waals surface area contributed by atoms with Crippen LogP contribution >= 0.6 is 0 Å². The summed E-state index contributed by atoms with van der Waals surface area (Å²) in [6.45, 7) is 2.12. The van der Waals surface area contributed by atoms with E-state index in [0.717, 1.165) is 66.2 Å².